The highest BCUT2D eigenvalue weighted by molar-refractivity contribution is 5.67. The van der Waals surface area contributed by atoms with Gasteiger partial charge in [0, 0.05) is 0 Å². The number of ether oxygens (including phenoxy) is 1. The number of nitrogens with one attached hydrogen (secondary N) is 1. The molecule has 0 bridgehead atoms. The third-order valence-corrected chi connectivity index (χ3v) is 2.07. The molecule has 0 aromatic carbocycles. The first-order valence-corrected chi connectivity index (χ1v) is 4.53. The Morgan fingerprint density at radius 2 is 1.79 bits per heavy atom. The average Bonchev–Trinajstić information content (AvgIpc) is 2.02. The van der Waals surface area contributed by atoms with Crippen LogP contribution in [0.25, 0.3) is 0 Å². The molecular formula is C8H12F3NO2. The molecule has 0 spiro atoms. The second kappa shape index (κ2) is 4.52. The number of hydrogen-bond acceptors (Lipinski definition) is 2. The number of carbonyl (C=O) groups is 1. The summed E-state index contributed by atoms with van der Waals surface area (Å²) in [5.41, 5.74) is 0. The second-order valence-electron chi connectivity index (χ2n) is 3.29. The van der Waals surface area contributed by atoms with Crippen molar-refractivity contribution in [1.29, 1.82) is 0 Å². The van der Waals surface area contributed by atoms with Crippen LogP contribution in [-0.2, 0) is 4.74 Å². The van der Waals surface area contributed by atoms with Crippen LogP contribution in [0.3, 0.4) is 0 Å². The van der Waals surface area contributed by atoms with E-state index >= 15 is 0 Å². The number of hydrogen-bond donors (Lipinski definition) is 1. The van der Waals surface area contributed by atoms with Gasteiger partial charge in [-0.05, 0) is 25.7 Å². The fourth-order valence-electron chi connectivity index (χ4n) is 1.48. The lowest BCUT2D eigenvalue weighted by Gasteiger charge is -2.22. The predicted molar refractivity (Wildman–Crippen MR) is 42.5 cm³/mol. The maximum absolute atomic E-state index is 11.6. The van der Waals surface area contributed by atoms with Gasteiger partial charge in [-0.3, -0.25) is 0 Å². The van der Waals surface area contributed by atoms with Gasteiger partial charge < -0.3 is 4.74 Å². The van der Waals surface area contributed by atoms with Crippen LogP contribution in [0, 0.1) is 0 Å². The van der Waals surface area contributed by atoms with Crippen LogP contribution in [-0.4, -0.2) is 18.5 Å². The predicted octanol–water partition coefficient (Wildman–Crippen LogP) is 2.57. The van der Waals surface area contributed by atoms with E-state index in [2.05, 4.69) is 4.74 Å². The van der Waals surface area contributed by atoms with Crippen LogP contribution < -0.4 is 5.32 Å². The Morgan fingerprint density at radius 1 is 1.21 bits per heavy atom. The fourth-order valence-corrected chi connectivity index (χ4v) is 1.48. The minimum Gasteiger partial charge on any atom is -0.446 e. The van der Waals surface area contributed by atoms with E-state index in [-0.39, 0.29) is 6.10 Å². The van der Waals surface area contributed by atoms with E-state index in [1.807, 2.05) is 0 Å². The fraction of sp³-hybridized carbons (Fsp3) is 0.875. The zero-order chi connectivity index (χ0) is 10.6. The summed E-state index contributed by atoms with van der Waals surface area (Å²) < 4.78 is 39.5. The third kappa shape index (κ3) is 4.34. The summed E-state index contributed by atoms with van der Waals surface area (Å²) in [6, 6.07) is 0. The van der Waals surface area contributed by atoms with Gasteiger partial charge in [0.1, 0.15) is 6.10 Å². The van der Waals surface area contributed by atoms with Crippen LogP contribution in [0.2, 0.25) is 0 Å². The van der Waals surface area contributed by atoms with Gasteiger partial charge in [0.05, 0.1) is 0 Å². The summed E-state index contributed by atoms with van der Waals surface area (Å²) in [6.07, 6.45) is -2.27. The van der Waals surface area contributed by atoms with Crippen LogP contribution in [0.5, 0.6) is 0 Å². The van der Waals surface area contributed by atoms with E-state index < -0.39 is 12.4 Å². The number of halogens is 3. The summed E-state index contributed by atoms with van der Waals surface area (Å²) >= 11 is 0. The quantitative estimate of drug-likeness (QED) is 0.677. The molecule has 0 heterocycles. The molecule has 1 saturated carbocycles. The summed E-state index contributed by atoms with van der Waals surface area (Å²) in [4.78, 5) is 10.7. The van der Waals surface area contributed by atoms with E-state index in [0.717, 1.165) is 24.6 Å². The number of rotatable bonds is 1. The summed E-state index contributed by atoms with van der Waals surface area (Å²) in [5.74, 6) is 0. The Bertz CT molecular complexity index is 199. The highest BCUT2D eigenvalue weighted by atomic mass is 19.4. The van der Waals surface area contributed by atoms with Crippen molar-refractivity contribution in [1.82, 2.24) is 5.32 Å². The maximum Gasteiger partial charge on any atom is 0.487 e. The molecule has 1 aliphatic carbocycles. The molecule has 0 aliphatic heterocycles. The van der Waals surface area contributed by atoms with Gasteiger partial charge in [-0.1, -0.05) is 6.42 Å². The van der Waals surface area contributed by atoms with Gasteiger partial charge in [0.2, 0.25) is 0 Å². The minimum atomic E-state index is -4.70. The molecule has 1 fully saturated rings. The smallest absolute Gasteiger partial charge is 0.446 e. The van der Waals surface area contributed by atoms with Gasteiger partial charge >= 0.3 is 12.4 Å². The van der Waals surface area contributed by atoms with Crippen molar-refractivity contribution in [3.8, 4) is 0 Å². The number of alkyl carbamates (subject to hydrolysis) is 1. The Morgan fingerprint density at radius 3 is 2.29 bits per heavy atom. The molecule has 0 radical (unpaired) electrons. The van der Waals surface area contributed by atoms with E-state index in [0.29, 0.717) is 12.8 Å². The Hall–Kier alpha value is -0.940. The highest BCUT2D eigenvalue weighted by Gasteiger charge is 2.32. The zero-order valence-electron chi connectivity index (χ0n) is 7.56. The third-order valence-electron chi connectivity index (χ3n) is 2.07. The van der Waals surface area contributed by atoms with Crippen molar-refractivity contribution < 1.29 is 22.7 Å². The van der Waals surface area contributed by atoms with Crippen LogP contribution in [0.1, 0.15) is 32.1 Å². The lowest BCUT2D eigenvalue weighted by atomic mass is 9.98. The van der Waals surface area contributed by atoms with E-state index in [9.17, 15) is 18.0 Å². The van der Waals surface area contributed by atoms with Crippen molar-refractivity contribution in [3.63, 3.8) is 0 Å². The Balaban J connectivity index is 2.25. The molecule has 6 heteroatoms. The normalized spacial score (nSPS) is 19.1. The maximum atomic E-state index is 11.6. The minimum absolute atomic E-state index is 0.355. The molecule has 14 heavy (non-hydrogen) atoms. The van der Waals surface area contributed by atoms with E-state index in [1.54, 1.807) is 0 Å². The van der Waals surface area contributed by atoms with E-state index in [4.69, 9.17) is 0 Å². The number of amides is 1. The Kier molecular flexibility index (Phi) is 3.60. The molecule has 1 amide bonds. The van der Waals surface area contributed by atoms with E-state index in [1.165, 1.54) is 0 Å². The molecule has 0 aromatic heterocycles. The molecular weight excluding hydrogens is 199 g/mol. The van der Waals surface area contributed by atoms with Crippen molar-refractivity contribution in [2.24, 2.45) is 0 Å². The number of carbonyl (C=O) groups excluding carboxylic acids is 1. The van der Waals surface area contributed by atoms with Gasteiger partial charge in [-0.2, -0.15) is 13.2 Å². The molecule has 0 atom stereocenters. The zero-order valence-corrected chi connectivity index (χ0v) is 7.56. The van der Waals surface area contributed by atoms with Crippen molar-refractivity contribution in [2.45, 2.75) is 44.5 Å². The molecule has 82 valence electrons. The molecule has 3 nitrogen and oxygen atoms in total. The largest absolute Gasteiger partial charge is 0.487 e. The van der Waals surface area contributed by atoms with Gasteiger partial charge in [-0.15, -0.1) is 0 Å². The SMILES string of the molecule is O=C(NC(F)(F)F)OC1CCCCC1. The van der Waals surface area contributed by atoms with Crippen LogP contribution in [0.15, 0.2) is 0 Å². The molecule has 1 aliphatic rings. The van der Waals surface area contributed by atoms with Crippen molar-refractivity contribution in [3.05, 3.63) is 0 Å². The molecule has 0 aromatic rings. The first kappa shape index (κ1) is 11.1. The molecule has 1 N–H and O–H groups in total. The monoisotopic (exact) mass is 211 g/mol. The van der Waals surface area contributed by atoms with Crippen molar-refractivity contribution in [2.75, 3.05) is 0 Å². The van der Waals surface area contributed by atoms with Gasteiger partial charge in [-0.25, -0.2) is 10.1 Å². The highest BCUT2D eigenvalue weighted by Crippen LogP contribution is 2.20. The standard InChI is InChI=1S/C8H12F3NO2/c9-8(10,11)12-7(13)14-6-4-2-1-3-5-6/h6H,1-5H2,(H,12,13). The van der Waals surface area contributed by atoms with Crippen molar-refractivity contribution >= 4 is 6.09 Å². The topological polar surface area (TPSA) is 38.3 Å². The molecule has 0 saturated heterocycles. The van der Waals surface area contributed by atoms with Crippen LogP contribution in [0.4, 0.5) is 18.0 Å². The lowest BCUT2D eigenvalue weighted by molar-refractivity contribution is -0.151. The average molecular weight is 211 g/mol. The second-order valence-corrected chi connectivity index (χ2v) is 3.29. The Labute approximate surface area is 79.6 Å². The lowest BCUT2D eigenvalue weighted by Crippen LogP contribution is -2.39. The molecule has 0 unspecified atom stereocenters. The van der Waals surface area contributed by atoms with Gasteiger partial charge in [0.15, 0.2) is 0 Å². The summed E-state index contributed by atoms with van der Waals surface area (Å²) in [5, 5.41) is 0.805. The molecule has 1 rings (SSSR count). The first-order chi connectivity index (χ1) is 6.47. The van der Waals surface area contributed by atoms with Crippen LogP contribution >= 0.6 is 0 Å². The number of alkyl halides is 3. The van der Waals surface area contributed by atoms with Gasteiger partial charge in [0.25, 0.3) is 0 Å². The first-order valence-electron chi connectivity index (χ1n) is 4.53. The summed E-state index contributed by atoms with van der Waals surface area (Å²) in [6.45, 7) is 0. The summed E-state index contributed by atoms with van der Waals surface area (Å²) in [7, 11) is 0.